The van der Waals surface area contributed by atoms with Gasteiger partial charge in [0.1, 0.15) is 5.56 Å². The van der Waals surface area contributed by atoms with Crippen LogP contribution in [0.5, 0.6) is 11.5 Å². The van der Waals surface area contributed by atoms with Crippen molar-refractivity contribution in [3.63, 3.8) is 0 Å². The molecule has 0 aliphatic carbocycles. The van der Waals surface area contributed by atoms with Crippen molar-refractivity contribution in [2.45, 2.75) is 136 Å². The minimum Gasteiger partial charge on any atom is -0.504 e. The summed E-state index contributed by atoms with van der Waals surface area (Å²) in [7, 11) is 1.40. The Bertz CT molecular complexity index is 698. The molecule has 1 aromatic rings. The van der Waals surface area contributed by atoms with Crippen LogP contribution < -0.4 is 4.89 Å². The van der Waals surface area contributed by atoms with E-state index in [1.54, 1.807) is 0 Å². The Morgan fingerprint density at radius 1 is 0.647 bits per heavy atom. The van der Waals surface area contributed by atoms with E-state index in [2.05, 4.69) is 20.8 Å². The number of aromatic carboxylic acids is 1. The summed E-state index contributed by atoms with van der Waals surface area (Å²) in [6, 6.07) is 0. The van der Waals surface area contributed by atoms with Crippen LogP contribution in [0.2, 0.25) is 0 Å². The zero-order valence-corrected chi connectivity index (χ0v) is 22.3. The van der Waals surface area contributed by atoms with Crippen LogP contribution in [-0.2, 0) is 24.2 Å². The molecule has 0 aliphatic rings. The number of hydrogen-bond acceptors (Lipinski definition) is 4. The highest BCUT2D eigenvalue weighted by molar-refractivity contribution is 5.94. The molecule has 0 aromatic heterocycles. The van der Waals surface area contributed by atoms with Gasteiger partial charge in [-0.15, -0.1) is 0 Å². The van der Waals surface area contributed by atoms with E-state index in [4.69, 9.17) is 9.78 Å². The third-order valence-electron chi connectivity index (χ3n) is 6.73. The molecule has 0 fully saturated rings. The molecule has 0 heterocycles. The summed E-state index contributed by atoms with van der Waals surface area (Å²) in [6.45, 7) is 6.61. The molecule has 0 bridgehead atoms. The lowest BCUT2D eigenvalue weighted by molar-refractivity contribution is -0.179. The molecule has 0 aliphatic heterocycles. The first-order valence-electron chi connectivity index (χ1n) is 13.9. The van der Waals surface area contributed by atoms with Gasteiger partial charge >= 0.3 is 5.97 Å². The number of benzene rings is 1. The lowest BCUT2D eigenvalue weighted by Crippen LogP contribution is -2.13. The van der Waals surface area contributed by atoms with Crippen LogP contribution >= 0.6 is 0 Å². The fourth-order valence-corrected chi connectivity index (χ4v) is 4.83. The minimum atomic E-state index is -1.09. The molecule has 0 spiro atoms. The van der Waals surface area contributed by atoms with E-state index in [-0.39, 0.29) is 17.1 Å². The maximum atomic E-state index is 12.3. The Balaban J connectivity index is 3.36. The van der Waals surface area contributed by atoms with Crippen LogP contribution in [0, 0.1) is 0 Å². The van der Waals surface area contributed by atoms with Gasteiger partial charge in [0.2, 0.25) is 5.75 Å². The van der Waals surface area contributed by atoms with Crippen molar-refractivity contribution in [1.29, 1.82) is 0 Å². The summed E-state index contributed by atoms with van der Waals surface area (Å²) in [5, 5.41) is 21.1. The van der Waals surface area contributed by atoms with Gasteiger partial charge in [-0.1, -0.05) is 97.8 Å². The summed E-state index contributed by atoms with van der Waals surface area (Å²) in [5.41, 5.74) is 2.83. The molecule has 1 rings (SSSR count). The van der Waals surface area contributed by atoms with Crippen molar-refractivity contribution in [3.8, 4) is 11.5 Å². The Kier molecular flexibility index (Phi) is 16.5. The maximum Gasteiger partial charge on any atom is 0.339 e. The highest BCUT2D eigenvalue weighted by atomic mass is 17.2. The summed E-state index contributed by atoms with van der Waals surface area (Å²) < 4.78 is 0. The van der Waals surface area contributed by atoms with Gasteiger partial charge in [0, 0.05) is 5.56 Å². The van der Waals surface area contributed by atoms with Gasteiger partial charge < -0.3 is 15.1 Å². The summed E-state index contributed by atoms with van der Waals surface area (Å²) in [6.07, 6.45) is 19.3. The van der Waals surface area contributed by atoms with Crippen LogP contribution in [-0.4, -0.2) is 23.3 Å². The quantitative estimate of drug-likeness (QED) is 0.105. The van der Waals surface area contributed by atoms with Crippen molar-refractivity contribution in [3.05, 3.63) is 22.3 Å². The molecular formula is C29H50O5. The lowest BCUT2D eigenvalue weighted by atomic mass is 9.85. The number of carbonyl (C=O) groups is 1. The van der Waals surface area contributed by atoms with Gasteiger partial charge in [0.05, 0.1) is 7.11 Å². The van der Waals surface area contributed by atoms with Crippen LogP contribution in [0.15, 0.2) is 0 Å². The van der Waals surface area contributed by atoms with Crippen molar-refractivity contribution >= 4 is 5.97 Å². The smallest absolute Gasteiger partial charge is 0.339 e. The second-order valence-electron chi connectivity index (χ2n) is 9.54. The van der Waals surface area contributed by atoms with E-state index >= 15 is 0 Å². The van der Waals surface area contributed by atoms with Gasteiger partial charge in [-0.3, -0.25) is 0 Å². The molecular weight excluding hydrogens is 428 g/mol. The van der Waals surface area contributed by atoms with Crippen LogP contribution in [0.4, 0.5) is 0 Å². The largest absolute Gasteiger partial charge is 0.504 e. The van der Waals surface area contributed by atoms with Gasteiger partial charge in [-0.25, -0.2) is 4.79 Å². The maximum absolute atomic E-state index is 12.3. The van der Waals surface area contributed by atoms with Gasteiger partial charge in [-0.2, -0.15) is 4.89 Å². The number of aromatic hydroxyl groups is 1. The molecule has 1 aromatic carbocycles. The van der Waals surface area contributed by atoms with Crippen molar-refractivity contribution < 1.29 is 24.8 Å². The fourth-order valence-electron chi connectivity index (χ4n) is 4.83. The molecule has 0 unspecified atom stereocenters. The van der Waals surface area contributed by atoms with Gasteiger partial charge in [0.15, 0.2) is 5.75 Å². The lowest BCUT2D eigenvalue weighted by Gasteiger charge is -2.22. The fraction of sp³-hybridized carbons (Fsp3) is 0.759. The normalized spacial score (nSPS) is 11.2. The molecule has 196 valence electrons. The molecule has 0 saturated heterocycles. The second-order valence-corrected chi connectivity index (χ2v) is 9.54. The number of hydrogen-bond donors (Lipinski definition) is 2. The Morgan fingerprint density at radius 2 is 1.06 bits per heavy atom. The molecule has 0 amide bonds. The Labute approximate surface area is 208 Å². The highest BCUT2D eigenvalue weighted by Crippen LogP contribution is 2.42. The van der Waals surface area contributed by atoms with Crippen LogP contribution in [0.1, 0.15) is 144 Å². The molecule has 0 saturated carbocycles. The molecule has 0 atom stereocenters. The first-order chi connectivity index (χ1) is 16.5. The number of unbranched alkanes of at least 4 members (excludes halogenated alkanes) is 12. The first kappa shape index (κ1) is 30.3. The first-order valence-corrected chi connectivity index (χ1v) is 13.9. The predicted octanol–water partition coefficient (Wildman–Crippen LogP) is 8.57. The van der Waals surface area contributed by atoms with E-state index in [0.717, 1.165) is 74.5 Å². The van der Waals surface area contributed by atoms with Crippen molar-refractivity contribution in [2.75, 3.05) is 7.11 Å². The molecule has 34 heavy (non-hydrogen) atoms. The average molecular weight is 479 g/mol. The molecule has 2 N–H and O–H groups in total. The standard InChI is InChI=1S/C29H50O5/c1-5-8-11-14-17-20-23-24(21-18-15-12-9-6-2)26(29(31)32)27(30)28(34-33-4)25(23)22-19-16-13-10-7-3/h30H,5-22H2,1-4H3,(H,31,32). The predicted molar refractivity (Wildman–Crippen MR) is 140 cm³/mol. The zero-order chi connectivity index (χ0) is 25.2. The van der Waals surface area contributed by atoms with E-state index in [9.17, 15) is 15.0 Å². The van der Waals surface area contributed by atoms with Gasteiger partial charge in [0.25, 0.3) is 0 Å². The van der Waals surface area contributed by atoms with Crippen LogP contribution in [0.25, 0.3) is 0 Å². The molecule has 5 nitrogen and oxygen atoms in total. The highest BCUT2D eigenvalue weighted by Gasteiger charge is 2.28. The Morgan fingerprint density at radius 3 is 1.47 bits per heavy atom. The van der Waals surface area contributed by atoms with Crippen molar-refractivity contribution in [1.82, 2.24) is 0 Å². The third-order valence-corrected chi connectivity index (χ3v) is 6.73. The number of carboxylic acid groups (broad SMARTS) is 1. The minimum absolute atomic E-state index is 0.000771. The average Bonchev–Trinajstić information content (AvgIpc) is 2.81. The Hall–Kier alpha value is -1.75. The number of carboxylic acids is 1. The second kappa shape index (κ2) is 18.6. The number of rotatable bonds is 21. The molecule has 5 heteroatoms. The summed E-state index contributed by atoms with van der Waals surface area (Å²) >= 11 is 0. The monoisotopic (exact) mass is 478 g/mol. The van der Waals surface area contributed by atoms with Crippen molar-refractivity contribution in [2.24, 2.45) is 0 Å². The topological polar surface area (TPSA) is 76.0 Å². The summed E-state index contributed by atoms with van der Waals surface area (Å²) in [4.78, 5) is 22.7. The zero-order valence-electron chi connectivity index (χ0n) is 22.3. The molecule has 0 radical (unpaired) electrons. The third kappa shape index (κ3) is 10.2. The van der Waals surface area contributed by atoms with E-state index in [1.807, 2.05) is 0 Å². The van der Waals surface area contributed by atoms with E-state index in [1.165, 1.54) is 58.5 Å². The number of phenols is 1. The van der Waals surface area contributed by atoms with Crippen LogP contribution in [0.3, 0.4) is 0 Å². The van der Waals surface area contributed by atoms with Gasteiger partial charge in [-0.05, 0) is 49.7 Å². The van der Waals surface area contributed by atoms with E-state index < -0.39 is 5.97 Å². The SMILES string of the molecule is CCCCCCCc1c(CCCCCCC)c(OOC)c(O)c(C(=O)O)c1CCCCCCC. The van der Waals surface area contributed by atoms with E-state index in [0.29, 0.717) is 6.42 Å². The summed E-state index contributed by atoms with van der Waals surface area (Å²) in [5.74, 6) is -1.17.